The van der Waals surface area contributed by atoms with Crippen molar-refractivity contribution in [1.82, 2.24) is 5.32 Å². The zero-order valence-electron chi connectivity index (χ0n) is 19.3. The van der Waals surface area contributed by atoms with Crippen molar-refractivity contribution in [3.63, 3.8) is 0 Å². The quantitative estimate of drug-likeness (QED) is 0.642. The molecular weight excluding hydrogens is 428 g/mol. The maximum Gasteiger partial charge on any atom is 0.261 e. The molecule has 8 heteroatoms. The van der Waals surface area contributed by atoms with Crippen molar-refractivity contribution in [2.45, 2.75) is 57.8 Å². The fourth-order valence-corrected chi connectivity index (χ4v) is 4.41. The summed E-state index contributed by atoms with van der Waals surface area (Å²) < 4.78 is 36.7. The third-order valence-corrected chi connectivity index (χ3v) is 7.39. The van der Waals surface area contributed by atoms with Crippen molar-refractivity contribution in [3.8, 4) is 11.5 Å². The Labute approximate surface area is 190 Å². The van der Waals surface area contributed by atoms with Crippen molar-refractivity contribution < 1.29 is 22.7 Å². The molecule has 2 aromatic rings. The molecule has 1 aliphatic heterocycles. The lowest BCUT2D eigenvalue weighted by molar-refractivity contribution is -0.128. The van der Waals surface area contributed by atoms with Gasteiger partial charge < -0.3 is 14.8 Å². The summed E-state index contributed by atoms with van der Waals surface area (Å²) in [6.45, 7) is 5.91. The van der Waals surface area contributed by atoms with Crippen LogP contribution in [0, 0.1) is 0 Å². The van der Waals surface area contributed by atoms with E-state index in [4.69, 9.17) is 9.47 Å². The van der Waals surface area contributed by atoms with Crippen LogP contribution in [0.15, 0.2) is 48.5 Å². The van der Waals surface area contributed by atoms with Gasteiger partial charge in [-0.25, -0.2) is 8.42 Å². The van der Waals surface area contributed by atoms with Gasteiger partial charge in [-0.1, -0.05) is 32.0 Å². The summed E-state index contributed by atoms with van der Waals surface area (Å²) >= 11 is 0. The van der Waals surface area contributed by atoms with Crippen molar-refractivity contribution in [3.05, 3.63) is 54.1 Å². The number of hydrogen-bond acceptors (Lipinski definition) is 5. The van der Waals surface area contributed by atoms with E-state index < -0.39 is 16.1 Å². The van der Waals surface area contributed by atoms with Crippen LogP contribution in [-0.4, -0.2) is 39.3 Å². The molecule has 0 spiro atoms. The number of carbonyl (C=O) groups is 1. The molecule has 3 rings (SSSR count). The lowest BCUT2D eigenvalue weighted by Crippen LogP contribution is -2.46. The average Bonchev–Trinajstić information content (AvgIpc) is 2.78. The predicted molar refractivity (Wildman–Crippen MR) is 126 cm³/mol. The highest BCUT2D eigenvalue weighted by molar-refractivity contribution is 7.92. The number of sulfonamides is 1. The minimum absolute atomic E-state index is 0.163. The second-order valence-electron chi connectivity index (χ2n) is 8.28. The standard InChI is InChI=1S/C24H32N2O5S/c1-6-24(7-2)16-21(20-10-8-9-11-22(20)31-24)25-23(27)17(3)30-19-14-12-18(13-15-19)26(4)32(5,28)29/h8-15,17,21H,6-7,16H2,1-5H3,(H,25,27)/t17-,21-/m1/s1. The third-order valence-electron chi connectivity index (χ3n) is 6.18. The van der Waals surface area contributed by atoms with Crippen molar-refractivity contribution in [2.75, 3.05) is 17.6 Å². The summed E-state index contributed by atoms with van der Waals surface area (Å²) in [5.74, 6) is 1.08. The maximum absolute atomic E-state index is 13.0. The monoisotopic (exact) mass is 460 g/mol. The van der Waals surface area contributed by atoms with Gasteiger partial charge in [0, 0.05) is 19.0 Å². The van der Waals surface area contributed by atoms with Gasteiger partial charge in [-0.2, -0.15) is 0 Å². The number of nitrogens with zero attached hydrogens (tertiary/aromatic N) is 1. The number of nitrogens with one attached hydrogen (secondary N) is 1. The molecule has 0 unspecified atom stereocenters. The van der Waals surface area contributed by atoms with E-state index in [1.54, 1.807) is 31.2 Å². The summed E-state index contributed by atoms with van der Waals surface area (Å²) in [4.78, 5) is 13.0. The Balaban J connectivity index is 1.70. The van der Waals surface area contributed by atoms with Gasteiger partial charge in [-0.3, -0.25) is 9.10 Å². The lowest BCUT2D eigenvalue weighted by Gasteiger charge is -2.41. The molecular formula is C24H32N2O5S. The smallest absolute Gasteiger partial charge is 0.261 e. The number of fused-ring (bicyclic) bond motifs is 1. The number of carbonyl (C=O) groups excluding carboxylic acids is 1. The number of amides is 1. The van der Waals surface area contributed by atoms with Crippen LogP contribution in [0.3, 0.4) is 0 Å². The summed E-state index contributed by atoms with van der Waals surface area (Å²) in [6.07, 6.45) is 2.82. The molecule has 0 aliphatic carbocycles. The molecule has 2 aromatic carbocycles. The number of hydrogen-bond donors (Lipinski definition) is 1. The minimum Gasteiger partial charge on any atom is -0.487 e. The molecule has 0 saturated carbocycles. The van der Waals surface area contributed by atoms with E-state index >= 15 is 0 Å². The topological polar surface area (TPSA) is 84.9 Å². The maximum atomic E-state index is 13.0. The summed E-state index contributed by atoms with van der Waals surface area (Å²) in [5.41, 5.74) is 1.18. The van der Waals surface area contributed by atoms with E-state index in [1.165, 1.54) is 11.4 Å². The first-order valence-corrected chi connectivity index (χ1v) is 12.7. The lowest BCUT2D eigenvalue weighted by atomic mass is 9.83. The van der Waals surface area contributed by atoms with E-state index in [1.807, 2.05) is 24.3 Å². The molecule has 1 heterocycles. The molecule has 1 amide bonds. The van der Waals surface area contributed by atoms with Crippen molar-refractivity contribution in [1.29, 1.82) is 0 Å². The third kappa shape index (κ3) is 5.18. The van der Waals surface area contributed by atoms with Gasteiger partial charge in [0.25, 0.3) is 5.91 Å². The van der Waals surface area contributed by atoms with E-state index in [-0.39, 0.29) is 17.6 Å². The highest BCUT2D eigenvalue weighted by Crippen LogP contribution is 2.42. The Kier molecular flexibility index (Phi) is 7.03. The number of rotatable bonds is 8. The Morgan fingerprint density at radius 1 is 1.19 bits per heavy atom. The number of para-hydroxylation sites is 1. The van der Waals surface area contributed by atoms with Crippen LogP contribution < -0.4 is 19.1 Å². The average molecular weight is 461 g/mol. The molecule has 2 atom stereocenters. The molecule has 0 radical (unpaired) electrons. The van der Waals surface area contributed by atoms with Crippen LogP contribution in [0.2, 0.25) is 0 Å². The first-order chi connectivity index (χ1) is 15.1. The number of anilines is 1. The Morgan fingerprint density at radius 3 is 2.41 bits per heavy atom. The molecule has 1 N–H and O–H groups in total. The highest BCUT2D eigenvalue weighted by Gasteiger charge is 2.39. The van der Waals surface area contributed by atoms with Crippen LogP contribution in [-0.2, 0) is 14.8 Å². The van der Waals surface area contributed by atoms with Crippen molar-refractivity contribution in [2.24, 2.45) is 0 Å². The predicted octanol–water partition coefficient (Wildman–Crippen LogP) is 4.05. The van der Waals surface area contributed by atoms with E-state index in [9.17, 15) is 13.2 Å². The molecule has 174 valence electrons. The molecule has 0 saturated heterocycles. The van der Waals surface area contributed by atoms with Crippen LogP contribution in [0.4, 0.5) is 5.69 Å². The first-order valence-electron chi connectivity index (χ1n) is 10.9. The van der Waals surface area contributed by atoms with Crippen molar-refractivity contribution >= 4 is 21.6 Å². The molecule has 0 fully saturated rings. The SMILES string of the molecule is CCC1(CC)C[C@@H](NC(=O)[C@@H](C)Oc2ccc(N(C)S(C)(=O)=O)cc2)c2ccccc2O1. The molecule has 32 heavy (non-hydrogen) atoms. The Morgan fingerprint density at radius 2 is 1.81 bits per heavy atom. The fourth-order valence-electron chi connectivity index (χ4n) is 3.90. The Bertz CT molecular complexity index is 1050. The zero-order valence-corrected chi connectivity index (χ0v) is 20.1. The summed E-state index contributed by atoms with van der Waals surface area (Å²) in [5, 5.41) is 3.14. The zero-order chi connectivity index (χ0) is 23.5. The van der Waals surface area contributed by atoms with Gasteiger partial charge in [0.15, 0.2) is 6.10 Å². The largest absolute Gasteiger partial charge is 0.487 e. The molecule has 1 aliphatic rings. The van der Waals surface area contributed by atoms with Gasteiger partial charge in [0.2, 0.25) is 10.0 Å². The van der Waals surface area contributed by atoms with E-state index in [2.05, 4.69) is 19.2 Å². The second-order valence-corrected chi connectivity index (χ2v) is 10.3. The molecule has 7 nitrogen and oxygen atoms in total. The fraction of sp³-hybridized carbons (Fsp3) is 0.458. The summed E-state index contributed by atoms with van der Waals surface area (Å²) in [6, 6.07) is 14.3. The molecule has 0 aromatic heterocycles. The van der Waals surface area contributed by atoms with E-state index in [0.717, 1.165) is 30.4 Å². The van der Waals surface area contributed by atoms with Crippen LogP contribution >= 0.6 is 0 Å². The first kappa shape index (κ1) is 23.9. The Hall–Kier alpha value is -2.74. The van der Waals surface area contributed by atoms with Gasteiger partial charge >= 0.3 is 0 Å². The number of benzene rings is 2. The van der Waals surface area contributed by atoms with E-state index in [0.29, 0.717) is 17.9 Å². The molecule has 0 bridgehead atoms. The van der Waals surface area contributed by atoms with Crippen LogP contribution in [0.25, 0.3) is 0 Å². The minimum atomic E-state index is -3.34. The van der Waals surface area contributed by atoms with Gasteiger partial charge in [0.1, 0.15) is 17.1 Å². The van der Waals surface area contributed by atoms with Gasteiger partial charge in [-0.05, 0) is 50.1 Å². The van der Waals surface area contributed by atoms with Gasteiger partial charge in [0.05, 0.1) is 18.0 Å². The van der Waals surface area contributed by atoms with Crippen LogP contribution in [0.5, 0.6) is 11.5 Å². The summed E-state index contributed by atoms with van der Waals surface area (Å²) in [7, 11) is -1.86. The second kappa shape index (κ2) is 9.40. The number of ether oxygens (including phenoxy) is 2. The van der Waals surface area contributed by atoms with Gasteiger partial charge in [-0.15, -0.1) is 0 Å². The highest BCUT2D eigenvalue weighted by atomic mass is 32.2. The van der Waals surface area contributed by atoms with Crippen LogP contribution in [0.1, 0.15) is 51.6 Å². The normalized spacial score (nSPS) is 18.1.